The van der Waals surface area contributed by atoms with E-state index in [1.807, 2.05) is 24.3 Å². The highest BCUT2D eigenvalue weighted by molar-refractivity contribution is 6.36. The second-order valence-electron chi connectivity index (χ2n) is 8.64. The van der Waals surface area contributed by atoms with E-state index in [0.717, 1.165) is 31.4 Å². The minimum Gasteiger partial charge on any atom is -0.382 e. The molecule has 0 bridgehead atoms. The Bertz CT molecular complexity index is 1250. The predicted molar refractivity (Wildman–Crippen MR) is 138 cm³/mol. The van der Waals surface area contributed by atoms with E-state index in [0.29, 0.717) is 27.9 Å². The van der Waals surface area contributed by atoms with Crippen LogP contribution in [0.2, 0.25) is 10.2 Å². The van der Waals surface area contributed by atoms with E-state index in [4.69, 9.17) is 23.2 Å². The summed E-state index contributed by atoms with van der Waals surface area (Å²) in [5.74, 6) is 0.127. The topological polar surface area (TPSA) is 37.8 Å². The summed E-state index contributed by atoms with van der Waals surface area (Å²) >= 11 is 13.1. The van der Waals surface area contributed by atoms with Gasteiger partial charge in [0.05, 0.1) is 16.4 Å². The van der Waals surface area contributed by atoms with Gasteiger partial charge >= 0.3 is 0 Å². The molecule has 172 valence electrons. The van der Waals surface area contributed by atoms with Crippen molar-refractivity contribution in [1.82, 2.24) is 9.97 Å². The Morgan fingerprint density at radius 3 is 2.26 bits per heavy atom. The van der Waals surface area contributed by atoms with Crippen molar-refractivity contribution < 1.29 is 4.39 Å². The van der Waals surface area contributed by atoms with E-state index < -0.39 is 5.82 Å². The molecule has 0 saturated heterocycles. The van der Waals surface area contributed by atoms with Gasteiger partial charge in [0.2, 0.25) is 0 Å². The molecule has 6 heteroatoms. The number of hydrogen-bond acceptors (Lipinski definition) is 3. The summed E-state index contributed by atoms with van der Waals surface area (Å²) in [5.41, 5.74) is 4.18. The molecular weight excluding hydrogens is 468 g/mol. The first-order valence-electron chi connectivity index (χ1n) is 11.5. The fourth-order valence-electron chi connectivity index (χ4n) is 4.76. The van der Waals surface area contributed by atoms with Crippen LogP contribution in [0.5, 0.6) is 0 Å². The fraction of sp³-hybridized carbons (Fsp3) is 0.214. The summed E-state index contributed by atoms with van der Waals surface area (Å²) < 4.78 is 14.9. The molecule has 0 unspecified atom stereocenters. The Morgan fingerprint density at radius 1 is 0.794 bits per heavy atom. The lowest BCUT2D eigenvalue weighted by molar-refractivity contribution is 0.412. The Morgan fingerprint density at radius 2 is 1.56 bits per heavy atom. The average Bonchev–Trinajstić information content (AvgIpc) is 2.87. The molecule has 5 rings (SSSR count). The number of hydrogen-bond donors (Lipinski definition) is 1. The molecule has 0 atom stereocenters. The molecule has 3 nitrogen and oxygen atoms in total. The van der Waals surface area contributed by atoms with Crippen molar-refractivity contribution in [3.63, 3.8) is 0 Å². The maximum Gasteiger partial charge on any atom is 0.139 e. The molecule has 0 spiro atoms. The van der Waals surface area contributed by atoms with Crippen molar-refractivity contribution in [2.45, 2.75) is 37.6 Å². The zero-order valence-corrected chi connectivity index (χ0v) is 20.0. The van der Waals surface area contributed by atoms with Gasteiger partial charge in [-0.25, -0.2) is 9.37 Å². The normalized spacial score (nSPS) is 18.0. The van der Waals surface area contributed by atoms with E-state index in [9.17, 15) is 4.39 Å². The van der Waals surface area contributed by atoms with Gasteiger partial charge in [0.1, 0.15) is 11.0 Å². The van der Waals surface area contributed by atoms with Crippen LogP contribution in [-0.4, -0.2) is 16.0 Å². The lowest BCUT2D eigenvalue weighted by Gasteiger charge is -2.31. The van der Waals surface area contributed by atoms with Gasteiger partial charge in [0, 0.05) is 29.1 Å². The van der Waals surface area contributed by atoms with Crippen LogP contribution in [0, 0.1) is 5.82 Å². The van der Waals surface area contributed by atoms with E-state index >= 15 is 0 Å². The number of nitrogens with one attached hydrogen (secondary N) is 1. The van der Waals surface area contributed by atoms with Crippen LogP contribution in [0.3, 0.4) is 0 Å². The molecule has 2 aromatic carbocycles. The zero-order valence-electron chi connectivity index (χ0n) is 18.5. The lowest BCUT2D eigenvalue weighted by Crippen LogP contribution is -2.26. The summed E-state index contributed by atoms with van der Waals surface area (Å²) in [5, 5.41) is 4.13. The van der Waals surface area contributed by atoms with Crippen LogP contribution in [-0.2, 0) is 0 Å². The maximum absolute atomic E-state index is 14.9. The third kappa shape index (κ3) is 4.79. The smallest absolute Gasteiger partial charge is 0.139 e. The molecule has 34 heavy (non-hydrogen) atoms. The van der Waals surface area contributed by atoms with Gasteiger partial charge in [-0.2, -0.15) is 0 Å². The summed E-state index contributed by atoms with van der Waals surface area (Å²) in [6.07, 6.45) is 5.89. The number of pyridine rings is 2. The minimum atomic E-state index is -0.433. The van der Waals surface area contributed by atoms with E-state index in [1.54, 1.807) is 18.3 Å². The van der Waals surface area contributed by atoms with Gasteiger partial charge in [-0.05, 0) is 67.5 Å². The number of halogens is 3. The molecule has 0 amide bonds. The molecule has 1 N–H and O–H groups in total. The molecular formula is C28H24Cl2FN3. The predicted octanol–water partition coefficient (Wildman–Crippen LogP) is 8.39. The van der Waals surface area contributed by atoms with Crippen molar-refractivity contribution in [3.8, 4) is 22.5 Å². The third-order valence-electron chi connectivity index (χ3n) is 6.47. The van der Waals surface area contributed by atoms with Gasteiger partial charge in [0.25, 0.3) is 0 Å². The Labute approximate surface area is 209 Å². The van der Waals surface area contributed by atoms with Crippen LogP contribution in [0.15, 0.2) is 79.0 Å². The Hall–Kier alpha value is -2.95. The summed E-state index contributed by atoms with van der Waals surface area (Å²) in [6.45, 7) is 0. The van der Waals surface area contributed by atoms with Crippen LogP contribution in [0.25, 0.3) is 22.5 Å². The fourth-order valence-corrected chi connectivity index (χ4v) is 5.31. The number of rotatable bonds is 5. The number of aromatic nitrogens is 2. The summed E-state index contributed by atoms with van der Waals surface area (Å²) in [4.78, 5) is 8.96. The van der Waals surface area contributed by atoms with Crippen molar-refractivity contribution in [1.29, 1.82) is 0 Å². The standard InChI is InChI=1S/C28H24Cl2FN3/c29-21-9-6-10-22(31)26(21)27-25(17-24(34-28(27)30)23-11-4-5-16-32-23)33-20-14-12-19(13-15-20)18-7-2-1-3-8-18/h1-11,16-17,19-20H,12-15H2,(H,33,34). The summed E-state index contributed by atoms with van der Waals surface area (Å²) in [7, 11) is 0. The van der Waals surface area contributed by atoms with Crippen LogP contribution in [0.4, 0.5) is 10.1 Å². The molecule has 0 aliphatic heterocycles. The van der Waals surface area contributed by atoms with Crippen molar-refractivity contribution >= 4 is 28.9 Å². The number of anilines is 1. The van der Waals surface area contributed by atoms with Crippen molar-refractivity contribution in [2.24, 2.45) is 0 Å². The quantitative estimate of drug-likeness (QED) is 0.284. The van der Waals surface area contributed by atoms with Crippen LogP contribution < -0.4 is 5.32 Å². The van der Waals surface area contributed by atoms with Crippen LogP contribution in [0.1, 0.15) is 37.2 Å². The molecule has 1 aliphatic rings. The Kier molecular flexibility index (Phi) is 6.80. The first kappa shape index (κ1) is 22.8. The van der Waals surface area contributed by atoms with E-state index in [-0.39, 0.29) is 16.8 Å². The second-order valence-corrected chi connectivity index (χ2v) is 9.40. The molecule has 1 aliphatic carbocycles. The first-order chi connectivity index (χ1) is 16.6. The second kappa shape index (κ2) is 10.1. The van der Waals surface area contributed by atoms with E-state index in [2.05, 4.69) is 45.6 Å². The monoisotopic (exact) mass is 491 g/mol. The van der Waals surface area contributed by atoms with Gasteiger partial charge in [-0.15, -0.1) is 0 Å². The molecule has 0 radical (unpaired) electrons. The van der Waals surface area contributed by atoms with Gasteiger partial charge in [-0.3, -0.25) is 4.98 Å². The highest BCUT2D eigenvalue weighted by atomic mass is 35.5. The molecule has 2 aromatic heterocycles. The maximum atomic E-state index is 14.9. The Balaban J connectivity index is 1.49. The van der Waals surface area contributed by atoms with Crippen LogP contribution >= 0.6 is 23.2 Å². The molecule has 2 heterocycles. The number of nitrogens with zero attached hydrogens (tertiary/aromatic N) is 2. The highest BCUT2D eigenvalue weighted by Crippen LogP contribution is 2.42. The van der Waals surface area contributed by atoms with Crippen molar-refractivity contribution in [3.05, 3.63) is 101 Å². The molecule has 1 saturated carbocycles. The van der Waals surface area contributed by atoms with E-state index in [1.165, 1.54) is 11.6 Å². The molecule has 4 aromatic rings. The SMILES string of the molecule is Fc1cccc(Cl)c1-c1c(NC2CCC(c3ccccc3)CC2)cc(-c2ccccn2)nc1Cl. The zero-order chi connectivity index (χ0) is 23.5. The third-order valence-corrected chi connectivity index (χ3v) is 7.06. The average molecular weight is 492 g/mol. The lowest BCUT2D eigenvalue weighted by atomic mass is 9.81. The molecule has 1 fully saturated rings. The van der Waals surface area contributed by atoms with Crippen molar-refractivity contribution in [2.75, 3.05) is 5.32 Å². The minimum absolute atomic E-state index is 0.190. The number of benzene rings is 2. The first-order valence-corrected chi connectivity index (χ1v) is 12.2. The summed E-state index contributed by atoms with van der Waals surface area (Å²) in [6, 6.07) is 23.1. The largest absolute Gasteiger partial charge is 0.382 e. The van der Waals surface area contributed by atoms with Gasteiger partial charge in [0.15, 0.2) is 0 Å². The highest BCUT2D eigenvalue weighted by Gasteiger charge is 2.25. The van der Waals surface area contributed by atoms with Gasteiger partial charge in [-0.1, -0.05) is 65.7 Å². The van der Waals surface area contributed by atoms with Gasteiger partial charge < -0.3 is 5.32 Å².